The molecule has 0 aliphatic heterocycles. The molecule has 1 fully saturated rings. The van der Waals surface area contributed by atoms with Crippen molar-refractivity contribution in [3.8, 4) is 0 Å². The molecule has 2 aromatic heterocycles. The van der Waals surface area contributed by atoms with Crippen molar-refractivity contribution in [2.24, 2.45) is 0 Å². The van der Waals surface area contributed by atoms with Crippen LogP contribution in [0.5, 0.6) is 0 Å². The van der Waals surface area contributed by atoms with Gasteiger partial charge in [0.1, 0.15) is 12.1 Å². The predicted octanol–water partition coefficient (Wildman–Crippen LogP) is 2.11. The lowest BCUT2D eigenvalue weighted by Gasteiger charge is -2.18. The largest absolute Gasteiger partial charge is 0.361 e. The summed E-state index contributed by atoms with van der Waals surface area (Å²) in [6.07, 6.45) is 6.75. The Labute approximate surface area is 129 Å². The van der Waals surface area contributed by atoms with E-state index in [4.69, 9.17) is 4.52 Å². The molecule has 0 spiro atoms. The zero-order chi connectivity index (χ0) is 15.5. The Balaban J connectivity index is 1.63. The number of carbonyl (C=O) groups excluding carboxylic acids is 1. The summed E-state index contributed by atoms with van der Waals surface area (Å²) in [5.74, 6) is 1.28. The monoisotopic (exact) mass is 303 g/mol. The minimum absolute atomic E-state index is 0.107. The molecule has 7 heteroatoms. The maximum Gasteiger partial charge on any atom is 0.228 e. The lowest BCUT2D eigenvalue weighted by atomic mass is 10.2. The summed E-state index contributed by atoms with van der Waals surface area (Å²) >= 11 is 0. The first-order valence-electron chi connectivity index (χ1n) is 7.74. The first-order valence-corrected chi connectivity index (χ1v) is 7.74. The zero-order valence-corrected chi connectivity index (χ0v) is 13.0. The minimum Gasteiger partial charge on any atom is -0.361 e. The highest BCUT2D eigenvalue weighted by atomic mass is 16.5. The average molecular weight is 303 g/mol. The third kappa shape index (κ3) is 3.18. The van der Waals surface area contributed by atoms with E-state index in [1.54, 1.807) is 12.4 Å². The molecule has 1 saturated carbocycles. The lowest BCUT2D eigenvalue weighted by Crippen LogP contribution is -2.30. The molecule has 1 N–H and O–H groups in total. The highest BCUT2D eigenvalue weighted by Crippen LogP contribution is 2.31. The van der Waals surface area contributed by atoms with Crippen molar-refractivity contribution in [2.75, 3.05) is 0 Å². The van der Waals surface area contributed by atoms with Crippen molar-refractivity contribution < 1.29 is 9.32 Å². The fourth-order valence-electron chi connectivity index (χ4n) is 3.04. The van der Waals surface area contributed by atoms with E-state index in [1.807, 2.05) is 13.8 Å². The Morgan fingerprint density at radius 2 is 2.27 bits per heavy atom. The number of hydrogen-bond donors (Lipinski definition) is 1. The van der Waals surface area contributed by atoms with Gasteiger partial charge in [-0.2, -0.15) is 0 Å². The smallest absolute Gasteiger partial charge is 0.228 e. The predicted molar refractivity (Wildman–Crippen MR) is 79.0 cm³/mol. The molecule has 1 atom stereocenters. The Hall–Kier alpha value is -2.18. The molecule has 2 aromatic rings. The number of carbonyl (C=O) groups is 1. The molecule has 0 radical (unpaired) electrons. The maximum atomic E-state index is 12.1. The number of aromatic nitrogens is 4. The number of aryl methyl sites for hydroxylation is 1. The first-order chi connectivity index (χ1) is 10.6. The van der Waals surface area contributed by atoms with Crippen LogP contribution >= 0.6 is 0 Å². The Morgan fingerprint density at radius 1 is 1.50 bits per heavy atom. The van der Waals surface area contributed by atoms with Crippen LogP contribution in [0.2, 0.25) is 0 Å². The van der Waals surface area contributed by atoms with E-state index in [9.17, 15) is 4.79 Å². The van der Waals surface area contributed by atoms with Gasteiger partial charge in [0.05, 0.1) is 18.2 Å². The number of nitrogens with zero attached hydrogens (tertiary/aromatic N) is 4. The van der Waals surface area contributed by atoms with Crippen LogP contribution in [0.15, 0.2) is 16.9 Å². The van der Waals surface area contributed by atoms with Gasteiger partial charge in [-0.05, 0) is 26.7 Å². The van der Waals surface area contributed by atoms with E-state index in [-0.39, 0.29) is 18.4 Å². The first kappa shape index (κ1) is 14.7. The van der Waals surface area contributed by atoms with Gasteiger partial charge in [0.15, 0.2) is 5.82 Å². The van der Waals surface area contributed by atoms with Crippen LogP contribution in [0.4, 0.5) is 0 Å². The standard InChI is InChI=1S/C15H21N5O2/c1-10-7-13(22-19-10)8-14(21)17-11(2)15-18-16-9-20(15)12-5-3-4-6-12/h7,9,11-12H,3-6,8H2,1-2H3,(H,17,21)/t11-/m1/s1. The highest BCUT2D eigenvalue weighted by molar-refractivity contribution is 5.78. The minimum atomic E-state index is -0.181. The Kier molecular flexibility index (Phi) is 4.22. The fraction of sp³-hybridized carbons (Fsp3) is 0.600. The SMILES string of the molecule is Cc1cc(CC(=O)N[C@H](C)c2nncn2C2CCCC2)on1. The van der Waals surface area contributed by atoms with Crippen LogP contribution in [0, 0.1) is 6.92 Å². The van der Waals surface area contributed by atoms with E-state index in [1.165, 1.54) is 12.8 Å². The maximum absolute atomic E-state index is 12.1. The molecule has 2 heterocycles. The third-order valence-corrected chi connectivity index (χ3v) is 4.10. The van der Waals surface area contributed by atoms with Gasteiger partial charge in [0.2, 0.25) is 5.91 Å². The van der Waals surface area contributed by atoms with Gasteiger partial charge in [0, 0.05) is 12.1 Å². The second-order valence-corrected chi connectivity index (χ2v) is 5.94. The van der Waals surface area contributed by atoms with E-state index in [2.05, 4.69) is 25.2 Å². The second-order valence-electron chi connectivity index (χ2n) is 5.94. The zero-order valence-electron chi connectivity index (χ0n) is 13.0. The van der Waals surface area contributed by atoms with Gasteiger partial charge in [-0.25, -0.2) is 0 Å². The summed E-state index contributed by atoms with van der Waals surface area (Å²) in [5.41, 5.74) is 0.775. The summed E-state index contributed by atoms with van der Waals surface area (Å²) in [4.78, 5) is 12.1. The third-order valence-electron chi connectivity index (χ3n) is 4.10. The topological polar surface area (TPSA) is 85.8 Å². The fourth-order valence-corrected chi connectivity index (χ4v) is 3.04. The van der Waals surface area contributed by atoms with Crippen LogP contribution < -0.4 is 5.32 Å². The molecule has 0 aromatic carbocycles. The van der Waals surface area contributed by atoms with Crippen molar-refractivity contribution in [2.45, 2.75) is 58.0 Å². The number of rotatable bonds is 5. The van der Waals surface area contributed by atoms with Gasteiger partial charge in [-0.3, -0.25) is 4.79 Å². The van der Waals surface area contributed by atoms with Crippen molar-refractivity contribution >= 4 is 5.91 Å². The molecular formula is C15H21N5O2. The molecule has 3 rings (SSSR count). The van der Waals surface area contributed by atoms with Crippen LogP contribution in [0.1, 0.15) is 62.0 Å². The van der Waals surface area contributed by atoms with E-state index in [0.717, 1.165) is 24.4 Å². The van der Waals surface area contributed by atoms with Crippen LogP contribution in [-0.2, 0) is 11.2 Å². The molecule has 1 aliphatic rings. The van der Waals surface area contributed by atoms with E-state index in [0.29, 0.717) is 11.8 Å². The molecule has 7 nitrogen and oxygen atoms in total. The van der Waals surface area contributed by atoms with E-state index < -0.39 is 0 Å². The van der Waals surface area contributed by atoms with E-state index >= 15 is 0 Å². The lowest BCUT2D eigenvalue weighted by molar-refractivity contribution is -0.121. The van der Waals surface area contributed by atoms with Crippen molar-refractivity contribution in [1.82, 2.24) is 25.2 Å². The van der Waals surface area contributed by atoms with Gasteiger partial charge >= 0.3 is 0 Å². The summed E-state index contributed by atoms with van der Waals surface area (Å²) < 4.78 is 7.18. The van der Waals surface area contributed by atoms with Crippen molar-refractivity contribution in [1.29, 1.82) is 0 Å². The number of amides is 1. The molecular weight excluding hydrogens is 282 g/mol. The van der Waals surface area contributed by atoms with Gasteiger partial charge in [0.25, 0.3) is 0 Å². The molecule has 0 unspecified atom stereocenters. The quantitative estimate of drug-likeness (QED) is 0.914. The van der Waals surface area contributed by atoms with Gasteiger partial charge in [-0.15, -0.1) is 10.2 Å². The van der Waals surface area contributed by atoms with Gasteiger partial charge in [-0.1, -0.05) is 18.0 Å². The summed E-state index contributed by atoms with van der Waals surface area (Å²) in [5, 5.41) is 14.9. The van der Waals surface area contributed by atoms with Crippen LogP contribution in [0.25, 0.3) is 0 Å². The highest BCUT2D eigenvalue weighted by Gasteiger charge is 2.23. The number of nitrogens with one attached hydrogen (secondary N) is 1. The summed E-state index contributed by atoms with van der Waals surface area (Å²) in [6.45, 7) is 3.76. The summed E-state index contributed by atoms with van der Waals surface area (Å²) in [6, 6.07) is 2.05. The molecule has 118 valence electrons. The molecule has 22 heavy (non-hydrogen) atoms. The molecule has 1 aliphatic carbocycles. The van der Waals surface area contributed by atoms with Crippen LogP contribution in [-0.4, -0.2) is 25.8 Å². The Bertz CT molecular complexity index is 642. The van der Waals surface area contributed by atoms with Crippen LogP contribution in [0.3, 0.4) is 0 Å². The molecule has 0 saturated heterocycles. The second kappa shape index (κ2) is 6.29. The average Bonchev–Trinajstić information content (AvgIpc) is 3.17. The molecule has 0 bridgehead atoms. The van der Waals surface area contributed by atoms with Gasteiger partial charge < -0.3 is 14.4 Å². The Morgan fingerprint density at radius 3 is 2.95 bits per heavy atom. The van der Waals surface area contributed by atoms with Crippen molar-refractivity contribution in [3.05, 3.63) is 29.7 Å². The molecule has 1 amide bonds. The normalized spacial score (nSPS) is 16.8. The van der Waals surface area contributed by atoms with Crippen molar-refractivity contribution in [3.63, 3.8) is 0 Å². The number of hydrogen-bond acceptors (Lipinski definition) is 5. The summed E-state index contributed by atoms with van der Waals surface area (Å²) in [7, 11) is 0.